The molecule has 0 bridgehead atoms. The molecule has 0 atom stereocenters. The van der Waals surface area contributed by atoms with E-state index in [0.717, 1.165) is 28.5 Å². The molecule has 0 unspecified atom stereocenters. The van der Waals surface area contributed by atoms with Crippen LogP contribution in [0, 0.1) is 0 Å². The highest BCUT2D eigenvalue weighted by molar-refractivity contribution is 7.18. The van der Waals surface area contributed by atoms with Gasteiger partial charge in [-0.05, 0) is 12.1 Å². The molecule has 4 nitrogen and oxygen atoms in total. The lowest BCUT2D eigenvalue weighted by atomic mass is 10.3. The van der Waals surface area contributed by atoms with E-state index in [0.29, 0.717) is 0 Å². The van der Waals surface area contributed by atoms with Crippen LogP contribution in [0.25, 0.3) is 10.2 Å². The minimum absolute atomic E-state index is 0.742. The van der Waals surface area contributed by atoms with Gasteiger partial charge in [-0.25, -0.2) is 4.98 Å². The van der Waals surface area contributed by atoms with E-state index >= 15 is 0 Å². The zero-order chi connectivity index (χ0) is 11.7. The van der Waals surface area contributed by atoms with Crippen molar-refractivity contribution in [2.24, 2.45) is 0 Å². The molecule has 1 N–H and O–H groups in total. The summed E-state index contributed by atoms with van der Waals surface area (Å²) in [6.07, 6.45) is 0.742. The molecule has 2 heterocycles. The molecule has 3 aromatic rings. The predicted molar refractivity (Wildman–Crippen MR) is 71.9 cm³/mol. The second kappa shape index (κ2) is 4.38. The zero-order valence-corrected chi connectivity index (χ0v) is 10.8. The van der Waals surface area contributed by atoms with Crippen LogP contribution in [0.5, 0.6) is 0 Å². The second-order valence-corrected chi connectivity index (χ2v) is 5.21. The third-order valence-electron chi connectivity index (χ3n) is 2.45. The maximum atomic E-state index is 4.59. The lowest BCUT2D eigenvalue weighted by molar-refractivity contribution is 1.10. The van der Waals surface area contributed by atoms with Crippen LogP contribution in [0.4, 0.5) is 5.82 Å². The van der Waals surface area contributed by atoms with Gasteiger partial charge in [-0.3, -0.25) is 0 Å². The maximum absolute atomic E-state index is 4.59. The van der Waals surface area contributed by atoms with Gasteiger partial charge in [0.05, 0.1) is 27.0 Å². The van der Waals surface area contributed by atoms with E-state index < -0.39 is 0 Å². The van der Waals surface area contributed by atoms with Gasteiger partial charge in [-0.2, -0.15) is 8.75 Å². The highest BCUT2D eigenvalue weighted by atomic mass is 32.1. The van der Waals surface area contributed by atoms with Crippen LogP contribution in [0.15, 0.2) is 24.3 Å². The molecule has 0 saturated carbocycles. The number of nitrogens with one attached hydrogen (secondary N) is 1. The summed E-state index contributed by atoms with van der Waals surface area (Å²) in [7, 11) is 1.86. The van der Waals surface area contributed by atoms with Crippen molar-refractivity contribution in [1.29, 1.82) is 0 Å². The van der Waals surface area contributed by atoms with Gasteiger partial charge in [-0.1, -0.05) is 12.1 Å². The van der Waals surface area contributed by atoms with E-state index in [1.54, 1.807) is 11.3 Å². The van der Waals surface area contributed by atoms with Gasteiger partial charge >= 0.3 is 0 Å². The van der Waals surface area contributed by atoms with Crippen LogP contribution in [0.3, 0.4) is 0 Å². The first-order chi connectivity index (χ1) is 8.36. The Morgan fingerprint density at radius 2 is 2.12 bits per heavy atom. The number of hydrogen-bond acceptors (Lipinski definition) is 6. The van der Waals surface area contributed by atoms with Gasteiger partial charge in [0.25, 0.3) is 0 Å². The second-order valence-electron chi connectivity index (χ2n) is 3.56. The van der Waals surface area contributed by atoms with E-state index in [9.17, 15) is 0 Å². The molecule has 3 rings (SSSR count). The number of thiazole rings is 1. The van der Waals surface area contributed by atoms with Crippen LogP contribution in [-0.4, -0.2) is 20.8 Å². The summed E-state index contributed by atoms with van der Waals surface area (Å²) in [4.78, 5) is 4.59. The predicted octanol–water partition coefficient (Wildman–Crippen LogP) is 2.78. The SMILES string of the molecule is CNc1nsnc1Cc1nc2ccccc2s1. The number of nitrogens with zero attached hydrogens (tertiary/aromatic N) is 3. The van der Waals surface area contributed by atoms with E-state index in [1.807, 2.05) is 25.2 Å². The summed E-state index contributed by atoms with van der Waals surface area (Å²) in [6.45, 7) is 0. The van der Waals surface area contributed by atoms with Gasteiger partial charge in [0.1, 0.15) is 5.69 Å². The molecule has 0 amide bonds. The molecule has 0 aliphatic carbocycles. The van der Waals surface area contributed by atoms with Crippen LogP contribution >= 0.6 is 23.1 Å². The summed E-state index contributed by atoms with van der Waals surface area (Å²) in [5.74, 6) is 0.856. The van der Waals surface area contributed by atoms with Crippen LogP contribution in [0.1, 0.15) is 10.7 Å². The number of hydrogen-bond donors (Lipinski definition) is 1. The maximum Gasteiger partial charge on any atom is 0.163 e. The Morgan fingerprint density at radius 1 is 1.24 bits per heavy atom. The number of fused-ring (bicyclic) bond motifs is 1. The van der Waals surface area contributed by atoms with Crippen LogP contribution < -0.4 is 5.32 Å². The van der Waals surface area contributed by atoms with Crippen LogP contribution in [0.2, 0.25) is 0 Å². The van der Waals surface area contributed by atoms with E-state index in [4.69, 9.17) is 0 Å². The Kier molecular flexibility index (Phi) is 2.74. The minimum atomic E-state index is 0.742. The average Bonchev–Trinajstić information content (AvgIpc) is 2.94. The highest BCUT2D eigenvalue weighted by Crippen LogP contribution is 2.25. The van der Waals surface area contributed by atoms with Gasteiger partial charge in [0, 0.05) is 13.5 Å². The molecule has 0 fully saturated rings. The molecular weight excluding hydrogens is 252 g/mol. The third kappa shape index (κ3) is 2.01. The largest absolute Gasteiger partial charge is 0.371 e. The van der Waals surface area contributed by atoms with Gasteiger partial charge < -0.3 is 5.32 Å². The molecule has 1 aromatic carbocycles. The van der Waals surface area contributed by atoms with E-state index in [-0.39, 0.29) is 0 Å². The van der Waals surface area contributed by atoms with Crippen molar-refractivity contribution >= 4 is 39.1 Å². The van der Waals surface area contributed by atoms with Gasteiger partial charge in [0.2, 0.25) is 0 Å². The highest BCUT2D eigenvalue weighted by Gasteiger charge is 2.10. The van der Waals surface area contributed by atoms with Crippen molar-refractivity contribution in [3.8, 4) is 0 Å². The molecular formula is C11H10N4S2. The summed E-state index contributed by atoms with van der Waals surface area (Å²) in [5.41, 5.74) is 2.03. The molecule has 0 radical (unpaired) electrons. The number of rotatable bonds is 3. The smallest absolute Gasteiger partial charge is 0.163 e. The van der Waals surface area contributed by atoms with Gasteiger partial charge in [-0.15, -0.1) is 11.3 Å². The third-order valence-corrected chi connectivity index (χ3v) is 4.05. The van der Waals surface area contributed by atoms with Crippen molar-refractivity contribution in [3.63, 3.8) is 0 Å². The van der Waals surface area contributed by atoms with Crippen molar-refractivity contribution in [2.75, 3.05) is 12.4 Å². The van der Waals surface area contributed by atoms with E-state index in [2.05, 4.69) is 25.1 Å². The zero-order valence-electron chi connectivity index (χ0n) is 9.17. The number of para-hydroxylation sites is 1. The Hall–Kier alpha value is -1.53. The molecule has 0 aliphatic rings. The standard InChI is InChI=1S/C11H10N4S2/c1-12-11-8(14-17-15-11)6-10-13-7-4-2-3-5-9(7)16-10/h2-5H,6H2,1H3,(H,12,15). The number of aromatic nitrogens is 3. The molecule has 6 heteroatoms. The first-order valence-electron chi connectivity index (χ1n) is 5.20. The average molecular weight is 262 g/mol. The number of benzene rings is 1. The molecule has 0 spiro atoms. The number of anilines is 1. The van der Waals surface area contributed by atoms with Crippen molar-refractivity contribution in [1.82, 2.24) is 13.7 Å². The molecule has 0 aliphatic heterocycles. The topological polar surface area (TPSA) is 50.7 Å². The van der Waals surface area contributed by atoms with Crippen molar-refractivity contribution in [2.45, 2.75) is 6.42 Å². The molecule has 17 heavy (non-hydrogen) atoms. The molecule has 2 aromatic heterocycles. The fraction of sp³-hybridized carbons (Fsp3) is 0.182. The fourth-order valence-electron chi connectivity index (χ4n) is 1.65. The summed E-state index contributed by atoms with van der Waals surface area (Å²) >= 11 is 2.94. The molecule has 86 valence electrons. The first-order valence-corrected chi connectivity index (χ1v) is 6.75. The first kappa shape index (κ1) is 10.6. The van der Waals surface area contributed by atoms with Crippen molar-refractivity contribution < 1.29 is 0 Å². The van der Waals surface area contributed by atoms with E-state index in [1.165, 1.54) is 16.4 Å². The monoisotopic (exact) mass is 262 g/mol. The molecule has 0 saturated heterocycles. The quantitative estimate of drug-likeness (QED) is 0.788. The fourth-order valence-corrected chi connectivity index (χ4v) is 3.19. The lowest BCUT2D eigenvalue weighted by Crippen LogP contribution is -1.95. The summed E-state index contributed by atoms with van der Waals surface area (Å²) < 4.78 is 9.69. The van der Waals surface area contributed by atoms with Gasteiger partial charge in [0.15, 0.2) is 5.82 Å². The lowest BCUT2D eigenvalue weighted by Gasteiger charge is -1.95. The Labute approximate surface area is 107 Å². The Balaban J connectivity index is 1.94. The van der Waals surface area contributed by atoms with Crippen molar-refractivity contribution in [3.05, 3.63) is 35.0 Å². The minimum Gasteiger partial charge on any atom is -0.371 e. The normalized spacial score (nSPS) is 10.9. The summed E-state index contributed by atoms with van der Waals surface area (Å²) in [5, 5.41) is 4.12. The summed E-state index contributed by atoms with van der Waals surface area (Å²) in [6, 6.07) is 8.17. The Morgan fingerprint density at radius 3 is 2.94 bits per heavy atom. The van der Waals surface area contributed by atoms with Crippen LogP contribution in [-0.2, 0) is 6.42 Å². The Bertz CT molecular complexity index is 611.